The van der Waals surface area contributed by atoms with Gasteiger partial charge in [0.2, 0.25) is 10.0 Å². The van der Waals surface area contributed by atoms with Gasteiger partial charge in [-0.15, -0.1) is 0 Å². The van der Waals surface area contributed by atoms with Gasteiger partial charge in [0.1, 0.15) is 6.04 Å². The summed E-state index contributed by atoms with van der Waals surface area (Å²) in [5.41, 5.74) is 0.739. The van der Waals surface area contributed by atoms with Gasteiger partial charge >= 0.3 is 5.97 Å². The predicted octanol–water partition coefficient (Wildman–Crippen LogP) is 3.58. The van der Waals surface area contributed by atoms with Gasteiger partial charge in [-0.1, -0.05) is 70.5 Å². The average molecular weight is 434 g/mol. The number of carbonyl (C=O) groups is 1. The van der Waals surface area contributed by atoms with Crippen molar-refractivity contribution >= 4 is 42.7 Å². The first kappa shape index (κ1) is 18.6. The largest absolute Gasteiger partial charge is 0.480 e. The van der Waals surface area contributed by atoms with E-state index in [1.807, 2.05) is 12.1 Å². The third-order valence-electron chi connectivity index (χ3n) is 4.00. The van der Waals surface area contributed by atoms with Crippen LogP contribution in [0.25, 0.3) is 10.8 Å². The Balaban J connectivity index is 1.97. The van der Waals surface area contributed by atoms with Crippen LogP contribution in [-0.4, -0.2) is 25.5 Å². The zero-order valence-electron chi connectivity index (χ0n) is 13.6. The van der Waals surface area contributed by atoms with Gasteiger partial charge in [-0.2, -0.15) is 4.72 Å². The minimum absolute atomic E-state index is 0.0515. The zero-order valence-corrected chi connectivity index (χ0v) is 16.0. The van der Waals surface area contributed by atoms with Gasteiger partial charge in [-0.3, -0.25) is 4.79 Å². The zero-order chi connectivity index (χ0) is 18.7. The molecule has 0 radical (unpaired) electrons. The number of carboxylic acid groups (broad SMARTS) is 1. The standard InChI is InChI=1S/C19H16BrNO4S/c20-16-10-11-18(15-9-5-4-8-14(15)16)26(24,25)21-17(19(22)23)12-13-6-2-1-3-7-13/h1-11,17,21H,12H2,(H,22,23)/t17-/m0/s1. The summed E-state index contributed by atoms with van der Waals surface area (Å²) in [6.07, 6.45) is 0.0594. The van der Waals surface area contributed by atoms with Crippen LogP contribution in [0.15, 0.2) is 76.1 Å². The van der Waals surface area contributed by atoms with E-state index < -0.39 is 22.0 Å². The van der Waals surface area contributed by atoms with Crippen molar-refractivity contribution < 1.29 is 18.3 Å². The first-order valence-electron chi connectivity index (χ1n) is 7.85. The second kappa shape index (κ2) is 7.57. The lowest BCUT2D eigenvalue weighted by Crippen LogP contribution is -2.42. The summed E-state index contributed by atoms with van der Waals surface area (Å²) in [5, 5.41) is 10.7. The fraction of sp³-hybridized carbons (Fsp3) is 0.105. The maximum absolute atomic E-state index is 12.9. The maximum Gasteiger partial charge on any atom is 0.322 e. The van der Waals surface area contributed by atoms with Crippen LogP contribution in [-0.2, 0) is 21.2 Å². The molecule has 5 nitrogen and oxygen atoms in total. The number of benzene rings is 3. The van der Waals surface area contributed by atoms with Crippen molar-refractivity contribution in [2.24, 2.45) is 0 Å². The molecule has 0 fully saturated rings. The Morgan fingerprint density at radius 2 is 1.58 bits per heavy atom. The van der Waals surface area contributed by atoms with E-state index in [4.69, 9.17) is 0 Å². The van der Waals surface area contributed by atoms with Gasteiger partial charge in [-0.05, 0) is 29.5 Å². The lowest BCUT2D eigenvalue weighted by atomic mass is 10.1. The molecule has 0 aliphatic heterocycles. The van der Waals surface area contributed by atoms with Crippen molar-refractivity contribution in [2.75, 3.05) is 0 Å². The highest BCUT2D eigenvalue weighted by molar-refractivity contribution is 9.10. The molecule has 3 aromatic carbocycles. The number of aliphatic carboxylic acids is 1. The van der Waals surface area contributed by atoms with E-state index in [1.54, 1.807) is 48.5 Å². The maximum atomic E-state index is 12.9. The van der Waals surface area contributed by atoms with Crippen LogP contribution in [0.1, 0.15) is 5.56 Å². The number of carboxylic acids is 1. The van der Waals surface area contributed by atoms with Crippen molar-refractivity contribution in [1.29, 1.82) is 0 Å². The van der Waals surface area contributed by atoms with E-state index in [1.165, 1.54) is 6.07 Å². The van der Waals surface area contributed by atoms with Crippen LogP contribution < -0.4 is 4.72 Å². The highest BCUT2D eigenvalue weighted by atomic mass is 79.9. The lowest BCUT2D eigenvalue weighted by molar-refractivity contribution is -0.138. The summed E-state index contributed by atoms with van der Waals surface area (Å²) in [6, 6.07) is 17.8. The minimum Gasteiger partial charge on any atom is -0.480 e. The van der Waals surface area contributed by atoms with Crippen LogP contribution in [0.5, 0.6) is 0 Å². The Hall–Kier alpha value is -2.22. The average Bonchev–Trinajstić information content (AvgIpc) is 2.62. The van der Waals surface area contributed by atoms with E-state index in [0.717, 1.165) is 15.4 Å². The molecule has 134 valence electrons. The summed E-state index contributed by atoms with van der Waals surface area (Å²) in [6.45, 7) is 0. The molecule has 0 amide bonds. The first-order valence-corrected chi connectivity index (χ1v) is 10.1. The Morgan fingerprint density at radius 3 is 2.23 bits per heavy atom. The molecule has 0 spiro atoms. The number of nitrogens with one attached hydrogen (secondary N) is 1. The monoisotopic (exact) mass is 433 g/mol. The van der Waals surface area contributed by atoms with Crippen LogP contribution in [0, 0.1) is 0 Å². The molecule has 0 saturated carbocycles. The van der Waals surface area contributed by atoms with Gasteiger partial charge in [0.15, 0.2) is 0 Å². The van der Waals surface area contributed by atoms with Gasteiger partial charge in [0, 0.05) is 9.86 Å². The highest BCUT2D eigenvalue weighted by Crippen LogP contribution is 2.29. The minimum atomic E-state index is -4.02. The van der Waals surface area contributed by atoms with E-state index >= 15 is 0 Å². The van der Waals surface area contributed by atoms with E-state index in [0.29, 0.717) is 5.39 Å². The second-order valence-corrected chi connectivity index (χ2v) is 8.33. The van der Waals surface area contributed by atoms with Gasteiger partial charge < -0.3 is 5.11 Å². The van der Waals surface area contributed by atoms with Crippen molar-refractivity contribution in [3.8, 4) is 0 Å². The summed E-state index contributed by atoms with van der Waals surface area (Å²) in [4.78, 5) is 11.6. The van der Waals surface area contributed by atoms with E-state index in [9.17, 15) is 18.3 Å². The number of hydrogen-bond acceptors (Lipinski definition) is 3. The number of hydrogen-bond donors (Lipinski definition) is 2. The molecule has 1 atom stereocenters. The van der Waals surface area contributed by atoms with Crippen LogP contribution >= 0.6 is 15.9 Å². The van der Waals surface area contributed by atoms with Crippen LogP contribution in [0.2, 0.25) is 0 Å². The van der Waals surface area contributed by atoms with Gasteiger partial charge in [-0.25, -0.2) is 8.42 Å². The molecule has 0 aromatic heterocycles. The first-order chi connectivity index (χ1) is 12.4. The Bertz CT molecular complexity index is 1050. The molecule has 0 aliphatic rings. The quantitative estimate of drug-likeness (QED) is 0.622. The SMILES string of the molecule is O=C(O)[C@H](Cc1ccccc1)NS(=O)(=O)c1ccc(Br)c2ccccc12. The molecule has 3 rings (SSSR count). The summed E-state index contributed by atoms with van der Waals surface area (Å²) < 4.78 is 28.8. The summed E-state index contributed by atoms with van der Waals surface area (Å²) >= 11 is 3.41. The molecule has 7 heteroatoms. The molecule has 0 bridgehead atoms. The van der Waals surface area contributed by atoms with Gasteiger partial charge in [0.25, 0.3) is 0 Å². The third kappa shape index (κ3) is 3.95. The van der Waals surface area contributed by atoms with Crippen LogP contribution in [0.3, 0.4) is 0 Å². The van der Waals surface area contributed by atoms with Crippen LogP contribution in [0.4, 0.5) is 0 Å². The molecule has 0 aliphatic carbocycles. The summed E-state index contributed by atoms with van der Waals surface area (Å²) in [5.74, 6) is -1.22. The fourth-order valence-corrected chi connectivity index (χ4v) is 4.63. The molecule has 26 heavy (non-hydrogen) atoms. The number of halogens is 1. The Morgan fingerprint density at radius 1 is 0.962 bits per heavy atom. The lowest BCUT2D eigenvalue weighted by Gasteiger charge is -2.16. The number of sulfonamides is 1. The number of fused-ring (bicyclic) bond motifs is 1. The van der Waals surface area contributed by atoms with Gasteiger partial charge in [0.05, 0.1) is 4.90 Å². The Kier molecular flexibility index (Phi) is 5.41. The normalized spacial score (nSPS) is 12.8. The third-order valence-corrected chi connectivity index (χ3v) is 6.22. The highest BCUT2D eigenvalue weighted by Gasteiger charge is 2.27. The smallest absolute Gasteiger partial charge is 0.322 e. The Labute approximate surface area is 159 Å². The summed E-state index contributed by atoms with van der Waals surface area (Å²) in [7, 11) is -4.02. The second-order valence-electron chi connectivity index (χ2n) is 5.79. The van der Waals surface area contributed by atoms with Crippen molar-refractivity contribution in [1.82, 2.24) is 4.72 Å². The van der Waals surface area contributed by atoms with Crippen molar-refractivity contribution in [3.63, 3.8) is 0 Å². The van der Waals surface area contributed by atoms with Crippen molar-refractivity contribution in [2.45, 2.75) is 17.4 Å². The topological polar surface area (TPSA) is 83.5 Å². The number of rotatable bonds is 6. The fourth-order valence-electron chi connectivity index (χ4n) is 2.75. The van der Waals surface area contributed by atoms with E-state index in [2.05, 4.69) is 20.7 Å². The predicted molar refractivity (Wildman–Crippen MR) is 104 cm³/mol. The molecule has 0 saturated heterocycles. The molecule has 0 unspecified atom stereocenters. The molecular formula is C19H16BrNO4S. The van der Waals surface area contributed by atoms with Crippen molar-refractivity contribution in [3.05, 3.63) is 76.8 Å². The molecule has 2 N–H and O–H groups in total. The molecule has 0 heterocycles. The van der Waals surface area contributed by atoms with E-state index in [-0.39, 0.29) is 11.3 Å². The molecular weight excluding hydrogens is 418 g/mol. The molecule has 3 aromatic rings.